The molecule has 0 amide bonds. The molecule has 0 aliphatic heterocycles. The molecular weight excluding hydrogens is 304 g/mol. The third kappa shape index (κ3) is 1.59. The molecule has 6 nitrogen and oxygen atoms in total. The molecule has 0 radical (unpaired) electrons. The molecule has 0 saturated carbocycles. The Kier molecular flexibility index (Phi) is 2.42. The molecule has 2 N–H and O–H groups in total. The van der Waals surface area contributed by atoms with E-state index in [2.05, 4.69) is 20.2 Å². The van der Waals surface area contributed by atoms with Crippen molar-refractivity contribution in [2.45, 2.75) is 0 Å². The van der Waals surface area contributed by atoms with Crippen LogP contribution in [0.5, 0.6) is 0 Å². The highest BCUT2D eigenvalue weighted by atomic mass is 16.2. The predicted octanol–water partition coefficient (Wildman–Crippen LogP) is 2.47. The van der Waals surface area contributed by atoms with Gasteiger partial charge < -0.3 is 0 Å². The fraction of sp³-hybridized carbons (Fsp3) is 0. The van der Waals surface area contributed by atoms with E-state index < -0.39 is 11.2 Å². The Balaban J connectivity index is 2.26. The van der Waals surface area contributed by atoms with Crippen LogP contribution in [0.2, 0.25) is 0 Å². The largest absolute Gasteiger partial charge is 0.327 e. The van der Waals surface area contributed by atoms with E-state index in [-0.39, 0.29) is 5.65 Å². The molecule has 3 aromatic carbocycles. The first-order valence-corrected chi connectivity index (χ1v) is 7.46. The average Bonchev–Trinajstić information content (AvgIpc) is 2.61. The number of H-pyrrole nitrogens is 2. The summed E-state index contributed by atoms with van der Waals surface area (Å²) in [6.07, 6.45) is 0. The molecule has 0 spiro atoms. The first kappa shape index (κ1) is 13.0. The molecule has 0 saturated heterocycles. The van der Waals surface area contributed by atoms with Crippen LogP contribution in [0.3, 0.4) is 0 Å². The molecule has 0 aliphatic carbocycles. The van der Waals surface area contributed by atoms with Gasteiger partial charge in [0.15, 0.2) is 5.65 Å². The van der Waals surface area contributed by atoms with Crippen LogP contribution in [0.4, 0.5) is 0 Å². The molecule has 0 fully saturated rings. The molecule has 5 rings (SSSR count). The average molecular weight is 314 g/mol. The Morgan fingerprint density at radius 2 is 1.29 bits per heavy atom. The Labute approximate surface area is 133 Å². The fourth-order valence-corrected chi connectivity index (χ4v) is 3.36. The summed E-state index contributed by atoms with van der Waals surface area (Å²) in [6, 6.07) is 15.7. The lowest BCUT2D eigenvalue weighted by molar-refractivity contribution is 1.02. The summed E-state index contributed by atoms with van der Waals surface area (Å²) in [5.74, 6) is 0. The minimum atomic E-state index is -0.591. The van der Waals surface area contributed by atoms with E-state index >= 15 is 0 Å². The van der Waals surface area contributed by atoms with Crippen molar-refractivity contribution in [3.05, 3.63) is 69.4 Å². The van der Waals surface area contributed by atoms with Crippen LogP contribution in [-0.2, 0) is 0 Å². The molecular formula is C18H10N4O2. The zero-order chi connectivity index (χ0) is 16.3. The molecule has 0 atom stereocenters. The van der Waals surface area contributed by atoms with Crippen LogP contribution in [0, 0.1) is 0 Å². The summed E-state index contributed by atoms with van der Waals surface area (Å²) in [5.41, 5.74) is -0.216. The van der Waals surface area contributed by atoms with Crippen LogP contribution >= 0.6 is 0 Å². The predicted molar refractivity (Wildman–Crippen MR) is 93.3 cm³/mol. The molecule has 0 aliphatic rings. The van der Waals surface area contributed by atoms with Gasteiger partial charge in [-0.05, 0) is 16.2 Å². The van der Waals surface area contributed by atoms with Crippen LogP contribution in [0.25, 0.3) is 43.5 Å². The summed E-state index contributed by atoms with van der Waals surface area (Å²) in [5, 5.41) is 13.3. The van der Waals surface area contributed by atoms with Crippen molar-refractivity contribution < 1.29 is 0 Å². The molecule has 6 heteroatoms. The van der Waals surface area contributed by atoms with Crippen LogP contribution < -0.4 is 11.2 Å². The lowest BCUT2D eigenvalue weighted by atomic mass is 9.96. The topological polar surface area (TPSA) is 91.5 Å². The number of nitrogens with one attached hydrogen (secondary N) is 2. The summed E-state index contributed by atoms with van der Waals surface area (Å²) >= 11 is 0. The second kappa shape index (κ2) is 4.48. The summed E-state index contributed by atoms with van der Waals surface area (Å²) < 4.78 is 0. The van der Waals surface area contributed by atoms with Crippen LogP contribution in [-0.4, -0.2) is 20.2 Å². The molecule has 0 bridgehead atoms. The molecule has 2 aromatic heterocycles. The smallest absolute Gasteiger partial charge is 0.290 e. The first-order valence-electron chi connectivity index (χ1n) is 7.46. The van der Waals surface area contributed by atoms with E-state index in [1.54, 1.807) is 0 Å². The summed E-state index contributed by atoms with van der Waals surface area (Å²) in [4.78, 5) is 28.8. The van der Waals surface area contributed by atoms with Crippen molar-refractivity contribution >= 4 is 43.5 Å². The first-order chi connectivity index (χ1) is 11.7. The minimum Gasteiger partial charge on any atom is -0.290 e. The minimum absolute atomic E-state index is 0.191. The SMILES string of the molecule is O=c1[nH]c(=O)c2c(nnc3c4ccccc4c4ccccc4c32)[nH]1. The van der Waals surface area contributed by atoms with Crippen molar-refractivity contribution in [3.63, 3.8) is 0 Å². The highest BCUT2D eigenvalue weighted by Gasteiger charge is 2.15. The van der Waals surface area contributed by atoms with Gasteiger partial charge >= 0.3 is 5.69 Å². The maximum Gasteiger partial charge on any atom is 0.327 e. The number of benzene rings is 3. The molecule has 2 heterocycles. The highest BCUT2D eigenvalue weighted by Crippen LogP contribution is 2.35. The number of fused-ring (bicyclic) bond motifs is 8. The summed E-state index contributed by atoms with van der Waals surface area (Å²) in [6.45, 7) is 0. The van der Waals surface area contributed by atoms with Crippen molar-refractivity contribution in [2.75, 3.05) is 0 Å². The van der Waals surface area contributed by atoms with E-state index in [4.69, 9.17) is 0 Å². The van der Waals surface area contributed by atoms with Crippen LogP contribution in [0.15, 0.2) is 58.1 Å². The molecule has 114 valence electrons. The van der Waals surface area contributed by atoms with Gasteiger partial charge in [-0.1, -0.05) is 48.5 Å². The van der Waals surface area contributed by atoms with E-state index in [0.29, 0.717) is 16.3 Å². The van der Waals surface area contributed by atoms with Gasteiger partial charge in [-0.2, -0.15) is 0 Å². The number of rotatable bonds is 0. The lowest BCUT2D eigenvalue weighted by Crippen LogP contribution is -2.23. The number of aromatic amines is 2. The third-order valence-corrected chi connectivity index (χ3v) is 4.33. The number of nitrogens with zero attached hydrogens (tertiary/aromatic N) is 2. The molecule has 5 aromatic rings. The van der Waals surface area contributed by atoms with Gasteiger partial charge in [0.2, 0.25) is 0 Å². The van der Waals surface area contributed by atoms with Gasteiger partial charge in [0.05, 0.1) is 5.39 Å². The second-order valence-corrected chi connectivity index (χ2v) is 5.65. The second-order valence-electron chi connectivity index (χ2n) is 5.65. The zero-order valence-corrected chi connectivity index (χ0v) is 12.3. The van der Waals surface area contributed by atoms with E-state index in [1.807, 2.05) is 48.5 Å². The van der Waals surface area contributed by atoms with Gasteiger partial charge in [-0.25, -0.2) is 4.79 Å². The Bertz CT molecular complexity index is 1360. The zero-order valence-electron chi connectivity index (χ0n) is 12.3. The maximum absolute atomic E-state index is 12.4. The van der Waals surface area contributed by atoms with Crippen molar-refractivity contribution in [3.8, 4) is 0 Å². The number of aromatic nitrogens is 4. The lowest BCUT2D eigenvalue weighted by Gasteiger charge is -2.10. The van der Waals surface area contributed by atoms with Gasteiger partial charge in [0.25, 0.3) is 5.56 Å². The standard InChI is InChI=1S/C18H10N4O2/c23-17-14-13-11-7-3-1-5-9(11)10-6-2-4-8-12(10)15(13)21-22-16(14)19-18(24)20-17/h1-8H,(H2,19,20,22,23,24). The molecule has 24 heavy (non-hydrogen) atoms. The van der Waals surface area contributed by atoms with Crippen molar-refractivity contribution in [2.24, 2.45) is 0 Å². The van der Waals surface area contributed by atoms with Crippen molar-refractivity contribution in [1.29, 1.82) is 0 Å². The van der Waals surface area contributed by atoms with Gasteiger partial charge in [0, 0.05) is 10.8 Å². The fourth-order valence-electron chi connectivity index (χ4n) is 3.36. The Morgan fingerprint density at radius 3 is 2.04 bits per heavy atom. The summed E-state index contributed by atoms with van der Waals surface area (Å²) in [7, 11) is 0. The monoisotopic (exact) mass is 314 g/mol. The number of hydrogen-bond acceptors (Lipinski definition) is 4. The van der Waals surface area contributed by atoms with E-state index in [1.165, 1.54) is 0 Å². The van der Waals surface area contributed by atoms with Gasteiger partial charge in [-0.3, -0.25) is 14.8 Å². The highest BCUT2D eigenvalue weighted by molar-refractivity contribution is 6.29. The van der Waals surface area contributed by atoms with Gasteiger partial charge in [0.1, 0.15) is 5.52 Å². The third-order valence-electron chi connectivity index (χ3n) is 4.33. The van der Waals surface area contributed by atoms with E-state index in [9.17, 15) is 9.59 Å². The van der Waals surface area contributed by atoms with Crippen molar-refractivity contribution in [1.82, 2.24) is 20.2 Å². The normalized spacial score (nSPS) is 11.7. The van der Waals surface area contributed by atoms with Gasteiger partial charge in [-0.15, -0.1) is 10.2 Å². The number of hydrogen-bond donors (Lipinski definition) is 2. The van der Waals surface area contributed by atoms with Crippen LogP contribution in [0.1, 0.15) is 0 Å². The Hall–Kier alpha value is -3.54. The molecule has 0 unspecified atom stereocenters. The maximum atomic E-state index is 12.4. The van der Waals surface area contributed by atoms with E-state index in [0.717, 1.165) is 21.5 Å². The Morgan fingerprint density at radius 1 is 0.667 bits per heavy atom. The quantitative estimate of drug-likeness (QED) is 0.430.